The first kappa shape index (κ1) is 18.8. The fourth-order valence-electron chi connectivity index (χ4n) is 3.99. The highest BCUT2D eigenvalue weighted by Crippen LogP contribution is 2.36. The summed E-state index contributed by atoms with van der Waals surface area (Å²) < 4.78 is 39.2. The van der Waals surface area contributed by atoms with Crippen molar-refractivity contribution < 1.29 is 18.0 Å². The molecule has 3 aliphatic rings. The monoisotopic (exact) mass is 390 g/mol. The normalized spacial score (nSPS) is 24.2. The summed E-state index contributed by atoms with van der Waals surface area (Å²) in [6, 6.07) is 4.60. The number of nitrogens with zero attached hydrogens (tertiary/aromatic N) is 3. The van der Waals surface area contributed by atoms with Crippen molar-refractivity contribution in [2.75, 3.05) is 31.1 Å². The second-order valence-electron chi connectivity index (χ2n) is 7.45. The number of carbonyl (C=O) groups is 1. The van der Waals surface area contributed by atoms with Crippen molar-refractivity contribution in [2.24, 2.45) is 11.0 Å². The maximum atomic E-state index is 13.1. The molecular weight excluding hydrogens is 369 g/mol. The number of rotatable bonds is 2. The third kappa shape index (κ3) is 3.59. The Morgan fingerprint density at radius 3 is 2.75 bits per heavy atom. The van der Waals surface area contributed by atoms with Gasteiger partial charge in [-0.2, -0.15) is 18.3 Å². The summed E-state index contributed by atoms with van der Waals surface area (Å²) >= 11 is 0. The predicted molar refractivity (Wildman–Crippen MR) is 100 cm³/mol. The van der Waals surface area contributed by atoms with Crippen molar-refractivity contribution in [3.63, 3.8) is 0 Å². The van der Waals surface area contributed by atoms with Gasteiger partial charge in [0.25, 0.3) is 0 Å². The third-order valence-corrected chi connectivity index (χ3v) is 5.35. The smallest absolute Gasteiger partial charge is 0.306 e. The molecule has 28 heavy (non-hydrogen) atoms. The van der Waals surface area contributed by atoms with Crippen molar-refractivity contribution in [1.82, 2.24) is 10.3 Å². The zero-order valence-electron chi connectivity index (χ0n) is 15.5. The highest BCUT2D eigenvalue weighted by Gasteiger charge is 2.47. The van der Waals surface area contributed by atoms with E-state index in [1.54, 1.807) is 25.1 Å². The first-order chi connectivity index (χ1) is 13.3. The first-order valence-corrected chi connectivity index (χ1v) is 9.40. The first-order valence-electron chi connectivity index (χ1n) is 9.40. The number of hydrogen-bond acceptors (Lipinski definition) is 4. The van der Waals surface area contributed by atoms with Crippen LogP contribution in [0.1, 0.15) is 30.9 Å². The van der Waals surface area contributed by atoms with Gasteiger partial charge in [0.2, 0.25) is 5.91 Å². The molecule has 2 unspecified atom stereocenters. The van der Waals surface area contributed by atoms with Crippen molar-refractivity contribution >= 4 is 17.3 Å². The number of carbonyl (C=O) groups excluding carboxylic acids is 1. The molecule has 5 nitrogen and oxygen atoms in total. The van der Waals surface area contributed by atoms with Gasteiger partial charge in [-0.25, -0.2) is 0 Å². The summed E-state index contributed by atoms with van der Waals surface area (Å²) in [5.41, 5.74) is 4.81. The zero-order valence-corrected chi connectivity index (χ0v) is 15.5. The highest BCUT2D eigenvalue weighted by atomic mass is 19.4. The van der Waals surface area contributed by atoms with Gasteiger partial charge in [-0.3, -0.25) is 9.69 Å². The standard InChI is InChI=1S/C20H21F3N4O/c1-13-17-18(25-24-13)15-11-14(5-4-10-26-8-2-3-9-26)6-7-16(15)27(19(17)28)12-20(21,22)23/h6-7,11,13,17,24H,2-3,8-10,12H2,1H3. The van der Waals surface area contributed by atoms with Gasteiger partial charge in [0, 0.05) is 11.1 Å². The Balaban J connectivity index is 1.66. The van der Waals surface area contributed by atoms with Gasteiger partial charge in [-0.05, 0) is 51.1 Å². The molecule has 148 valence electrons. The number of amides is 1. The van der Waals surface area contributed by atoms with Crippen molar-refractivity contribution in [3.05, 3.63) is 29.3 Å². The number of fused-ring (bicyclic) bond motifs is 3. The van der Waals surface area contributed by atoms with Gasteiger partial charge < -0.3 is 10.3 Å². The summed E-state index contributed by atoms with van der Waals surface area (Å²) in [5, 5.41) is 4.23. The lowest BCUT2D eigenvalue weighted by atomic mass is 9.85. The maximum absolute atomic E-state index is 13.1. The molecule has 8 heteroatoms. The van der Waals surface area contributed by atoms with E-state index in [9.17, 15) is 18.0 Å². The lowest BCUT2D eigenvalue weighted by Crippen LogP contribution is -2.51. The van der Waals surface area contributed by atoms with Gasteiger partial charge in [-0.15, -0.1) is 0 Å². The van der Waals surface area contributed by atoms with E-state index in [1.807, 2.05) is 0 Å². The largest absolute Gasteiger partial charge is 0.406 e. The minimum atomic E-state index is -4.48. The minimum Gasteiger partial charge on any atom is -0.306 e. The molecule has 2 atom stereocenters. The molecule has 0 bridgehead atoms. The molecule has 1 aromatic rings. The molecule has 3 aliphatic heterocycles. The van der Waals surface area contributed by atoms with Gasteiger partial charge in [0.1, 0.15) is 12.5 Å². The molecule has 0 saturated carbocycles. The quantitative estimate of drug-likeness (QED) is 0.789. The predicted octanol–water partition coefficient (Wildman–Crippen LogP) is 2.35. The van der Waals surface area contributed by atoms with E-state index in [0.29, 0.717) is 23.4 Å². The Morgan fingerprint density at radius 2 is 2.04 bits per heavy atom. The van der Waals surface area contributed by atoms with Crippen LogP contribution in [0.15, 0.2) is 23.3 Å². The molecule has 0 aliphatic carbocycles. The number of anilines is 1. The van der Waals surface area contributed by atoms with Crippen LogP contribution in [0.5, 0.6) is 0 Å². The van der Waals surface area contributed by atoms with Crippen LogP contribution in [0.3, 0.4) is 0 Å². The Bertz CT molecular complexity index is 878. The van der Waals surface area contributed by atoms with Crippen LogP contribution < -0.4 is 10.3 Å². The van der Waals surface area contributed by atoms with E-state index in [4.69, 9.17) is 0 Å². The van der Waals surface area contributed by atoms with E-state index < -0.39 is 24.5 Å². The fourth-order valence-corrected chi connectivity index (χ4v) is 3.99. The van der Waals surface area contributed by atoms with Crippen LogP contribution >= 0.6 is 0 Å². The lowest BCUT2D eigenvalue weighted by Gasteiger charge is -2.34. The zero-order chi connectivity index (χ0) is 19.9. The second kappa shape index (κ2) is 7.13. The van der Waals surface area contributed by atoms with Crippen molar-refractivity contribution in [3.8, 4) is 11.8 Å². The van der Waals surface area contributed by atoms with Crippen LogP contribution in [-0.2, 0) is 4.79 Å². The van der Waals surface area contributed by atoms with Crippen LogP contribution in [0.25, 0.3) is 0 Å². The molecule has 1 amide bonds. The van der Waals surface area contributed by atoms with E-state index >= 15 is 0 Å². The number of nitrogens with one attached hydrogen (secondary N) is 1. The summed E-state index contributed by atoms with van der Waals surface area (Å²) in [4.78, 5) is 15.8. The molecule has 1 fully saturated rings. The SMILES string of the molecule is CC1NN=C2c3cc(C#CCN4CCCC4)ccc3N(CC(F)(F)F)C(=O)C21. The van der Waals surface area contributed by atoms with Gasteiger partial charge in [0.05, 0.1) is 24.0 Å². The van der Waals surface area contributed by atoms with Crippen molar-refractivity contribution in [2.45, 2.75) is 32.0 Å². The maximum Gasteiger partial charge on any atom is 0.406 e. The fraction of sp³-hybridized carbons (Fsp3) is 0.500. The average molecular weight is 390 g/mol. The number of halogens is 3. The van der Waals surface area contributed by atoms with E-state index in [1.165, 1.54) is 12.8 Å². The topological polar surface area (TPSA) is 47.9 Å². The average Bonchev–Trinajstić information content (AvgIpc) is 3.28. The van der Waals surface area contributed by atoms with Crippen LogP contribution in [0.4, 0.5) is 18.9 Å². The molecule has 0 spiro atoms. The molecule has 3 heterocycles. The van der Waals surface area contributed by atoms with Crippen LogP contribution in [0.2, 0.25) is 0 Å². The van der Waals surface area contributed by atoms with Gasteiger partial charge in [-0.1, -0.05) is 11.8 Å². The van der Waals surface area contributed by atoms with E-state index in [0.717, 1.165) is 18.0 Å². The van der Waals surface area contributed by atoms with Crippen molar-refractivity contribution in [1.29, 1.82) is 0 Å². The second-order valence-corrected chi connectivity index (χ2v) is 7.45. The van der Waals surface area contributed by atoms with E-state index in [-0.39, 0.29) is 11.7 Å². The Morgan fingerprint density at radius 1 is 1.29 bits per heavy atom. The minimum absolute atomic E-state index is 0.235. The molecule has 0 radical (unpaired) electrons. The molecule has 1 aromatic carbocycles. The molecular formula is C20H21F3N4O. The van der Waals surface area contributed by atoms with E-state index in [2.05, 4.69) is 27.3 Å². The summed E-state index contributed by atoms with van der Waals surface area (Å²) in [6.45, 7) is 3.22. The summed E-state index contributed by atoms with van der Waals surface area (Å²) in [6.07, 6.45) is -2.10. The number of likely N-dealkylation sites (tertiary alicyclic amines) is 1. The Labute approximate surface area is 161 Å². The summed E-state index contributed by atoms with van der Waals surface area (Å²) in [7, 11) is 0. The highest BCUT2D eigenvalue weighted by molar-refractivity contribution is 6.25. The molecule has 1 saturated heterocycles. The summed E-state index contributed by atoms with van der Waals surface area (Å²) in [5.74, 6) is 4.94. The number of alkyl halides is 3. The van der Waals surface area contributed by atoms with Crippen LogP contribution in [-0.4, -0.2) is 54.9 Å². The lowest BCUT2D eigenvalue weighted by molar-refractivity contribution is -0.134. The van der Waals surface area contributed by atoms with Gasteiger partial charge >= 0.3 is 6.18 Å². The molecule has 0 aromatic heterocycles. The number of hydrazone groups is 1. The Hall–Kier alpha value is -2.53. The van der Waals surface area contributed by atoms with Gasteiger partial charge in [0.15, 0.2) is 0 Å². The number of benzene rings is 1. The Kier molecular flexibility index (Phi) is 4.79. The molecule has 4 rings (SSSR count). The third-order valence-electron chi connectivity index (χ3n) is 5.35. The number of hydrogen-bond donors (Lipinski definition) is 1. The van der Waals surface area contributed by atoms with Crippen LogP contribution in [0, 0.1) is 17.8 Å². The molecule has 1 N–H and O–H groups in total.